The predicted octanol–water partition coefficient (Wildman–Crippen LogP) is 1.52. The lowest BCUT2D eigenvalue weighted by atomic mass is 10.0. The molecule has 3 amide bonds. The SMILES string of the molecule is NCc1ccccc1NCc1ccc2c(c1)CN(C1CCC(=O)NC1=O)C2=O. The van der Waals surface area contributed by atoms with Crippen molar-refractivity contribution in [3.63, 3.8) is 0 Å². The number of anilines is 1. The fourth-order valence-corrected chi connectivity index (χ4v) is 3.81. The van der Waals surface area contributed by atoms with Crippen LogP contribution in [0, 0.1) is 0 Å². The second-order valence-electron chi connectivity index (χ2n) is 7.11. The molecule has 144 valence electrons. The van der Waals surface area contributed by atoms with E-state index in [1.165, 1.54) is 0 Å². The van der Waals surface area contributed by atoms with Gasteiger partial charge in [0.15, 0.2) is 0 Å². The number of carbonyl (C=O) groups is 3. The molecule has 7 nitrogen and oxygen atoms in total. The number of piperidine rings is 1. The minimum Gasteiger partial charge on any atom is -0.381 e. The highest BCUT2D eigenvalue weighted by Crippen LogP contribution is 2.28. The molecule has 4 N–H and O–H groups in total. The van der Waals surface area contributed by atoms with Crippen LogP contribution in [-0.2, 0) is 29.2 Å². The average Bonchev–Trinajstić information content (AvgIpc) is 3.02. The number of hydrogen-bond acceptors (Lipinski definition) is 5. The van der Waals surface area contributed by atoms with Crippen LogP contribution < -0.4 is 16.4 Å². The molecule has 7 heteroatoms. The normalized spacial score (nSPS) is 18.8. The number of nitrogens with zero attached hydrogens (tertiary/aromatic N) is 1. The van der Waals surface area contributed by atoms with E-state index in [9.17, 15) is 14.4 Å². The van der Waals surface area contributed by atoms with E-state index in [0.717, 1.165) is 22.4 Å². The van der Waals surface area contributed by atoms with Gasteiger partial charge in [-0.15, -0.1) is 0 Å². The Balaban J connectivity index is 1.48. The minimum absolute atomic E-state index is 0.155. The summed E-state index contributed by atoms with van der Waals surface area (Å²) in [5.41, 5.74) is 10.4. The van der Waals surface area contributed by atoms with Gasteiger partial charge in [-0.1, -0.05) is 30.3 Å². The molecule has 0 bridgehead atoms. The molecule has 2 heterocycles. The Kier molecular flexibility index (Phi) is 4.83. The van der Waals surface area contributed by atoms with Crippen molar-refractivity contribution in [3.8, 4) is 0 Å². The zero-order valence-corrected chi connectivity index (χ0v) is 15.4. The van der Waals surface area contributed by atoms with Crippen LogP contribution in [-0.4, -0.2) is 28.7 Å². The summed E-state index contributed by atoms with van der Waals surface area (Å²) in [6.45, 7) is 1.45. The Morgan fingerprint density at radius 2 is 1.96 bits per heavy atom. The van der Waals surface area contributed by atoms with Gasteiger partial charge in [0.05, 0.1) is 0 Å². The molecule has 0 radical (unpaired) electrons. The summed E-state index contributed by atoms with van der Waals surface area (Å²) in [5, 5.41) is 5.71. The average molecular weight is 378 g/mol. The van der Waals surface area contributed by atoms with Crippen molar-refractivity contribution in [2.45, 2.75) is 38.5 Å². The fraction of sp³-hybridized carbons (Fsp3) is 0.286. The molecule has 2 aromatic rings. The van der Waals surface area contributed by atoms with Crippen LogP contribution in [0.15, 0.2) is 42.5 Å². The molecule has 2 aliphatic rings. The zero-order chi connectivity index (χ0) is 19.7. The molecular formula is C21H22N4O3. The first-order valence-corrected chi connectivity index (χ1v) is 9.35. The standard InChI is InChI=1S/C21H22N4O3/c22-10-14-3-1-2-4-17(14)23-11-13-5-6-16-15(9-13)12-25(21(16)28)18-7-8-19(26)24-20(18)27/h1-6,9,18,23H,7-8,10-12,22H2,(H,24,26,27). The third-order valence-electron chi connectivity index (χ3n) is 5.31. The van der Waals surface area contributed by atoms with Crippen molar-refractivity contribution in [3.05, 3.63) is 64.7 Å². The van der Waals surface area contributed by atoms with Crippen LogP contribution in [0.5, 0.6) is 0 Å². The predicted molar refractivity (Wildman–Crippen MR) is 104 cm³/mol. The fourth-order valence-electron chi connectivity index (χ4n) is 3.81. The van der Waals surface area contributed by atoms with E-state index < -0.39 is 11.9 Å². The molecule has 0 aromatic heterocycles. The van der Waals surface area contributed by atoms with Crippen molar-refractivity contribution in [2.75, 3.05) is 5.32 Å². The van der Waals surface area contributed by atoms with Gasteiger partial charge in [-0.2, -0.15) is 0 Å². The van der Waals surface area contributed by atoms with Gasteiger partial charge in [0, 0.05) is 37.3 Å². The third-order valence-corrected chi connectivity index (χ3v) is 5.31. The number of para-hydroxylation sites is 1. The molecule has 4 rings (SSSR count). The molecule has 2 aromatic carbocycles. The first-order valence-electron chi connectivity index (χ1n) is 9.35. The summed E-state index contributed by atoms with van der Waals surface area (Å²) in [7, 11) is 0. The lowest BCUT2D eigenvalue weighted by Crippen LogP contribution is -2.52. The lowest BCUT2D eigenvalue weighted by molar-refractivity contribution is -0.136. The highest BCUT2D eigenvalue weighted by atomic mass is 16.2. The largest absolute Gasteiger partial charge is 0.381 e. The number of nitrogens with two attached hydrogens (primary N) is 1. The topological polar surface area (TPSA) is 105 Å². The Morgan fingerprint density at radius 3 is 2.75 bits per heavy atom. The molecule has 1 unspecified atom stereocenters. The van der Waals surface area contributed by atoms with Gasteiger partial charge in [0.2, 0.25) is 11.8 Å². The second kappa shape index (κ2) is 7.44. The minimum atomic E-state index is -0.587. The molecule has 1 saturated heterocycles. The maximum atomic E-state index is 12.7. The zero-order valence-electron chi connectivity index (χ0n) is 15.4. The van der Waals surface area contributed by atoms with E-state index in [2.05, 4.69) is 10.6 Å². The number of rotatable bonds is 5. The summed E-state index contributed by atoms with van der Waals surface area (Å²) in [4.78, 5) is 37.8. The summed E-state index contributed by atoms with van der Waals surface area (Å²) in [5.74, 6) is -0.827. The highest BCUT2D eigenvalue weighted by Gasteiger charge is 2.38. The van der Waals surface area contributed by atoms with Crippen LogP contribution in [0.2, 0.25) is 0 Å². The van der Waals surface area contributed by atoms with Crippen LogP contribution in [0.25, 0.3) is 0 Å². The number of fused-ring (bicyclic) bond motifs is 1. The molecule has 0 spiro atoms. The summed E-state index contributed by atoms with van der Waals surface area (Å²) in [6.07, 6.45) is 0.626. The van der Waals surface area contributed by atoms with E-state index in [1.807, 2.05) is 42.5 Å². The number of carbonyl (C=O) groups excluding carboxylic acids is 3. The third kappa shape index (κ3) is 3.36. The van der Waals surface area contributed by atoms with Crippen molar-refractivity contribution in [2.24, 2.45) is 5.73 Å². The Labute approximate surface area is 162 Å². The van der Waals surface area contributed by atoms with Gasteiger partial charge in [-0.25, -0.2) is 0 Å². The van der Waals surface area contributed by atoms with Gasteiger partial charge >= 0.3 is 0 Å². The Morgan fingerprint density at radius 1 is 1.14 bits per heavy atom. The summed E-state index contributed by atoms with van der Waals surface area (Å²) >= 11 is 0. The van der Waals surface area contributed by atoms with Gasteiger partial charge < -0.3 is 16.0 Å². The van der Waals surface area contributed by atoms with Gasteiger partial charge in [0.1, 0.15) is 6.04 Å². The monoisotopic (exact) mass is 378 g/mol. The van der Waals surface area contributed by atoms with Gasteiger partial charge in [-0.05, 0) is 35.2 Å². The number of nitrogens with one attached hydrogen (secondary N) is 2. The van der Waals surface area contributed by atoms with Crippen LogP contribution in [0.4, 0.5) is 5.69 Å². The first kappa shape index (κ1) is 18.2. The van der Waals surface area contributed by atoms with Crippen molar-refractivity contribution >= 4 is 23.4 Å². The Hall–Kier alpha value is -3.19. The summed E-state index contributed by atoms with van der Waals surface area (Å²) < 4.78 is 0. The molecular weight excluding hydrogens is 356 g/mol. The smallest absolute Gasteiger partial charge is 0.255 e. The van der Waals surface area contributed by atoms with Crippen molar-refractivity contribution in [1.29, 1.82) is 0 Å². The van der Waals surface area contributed by atoms with E-state index in [4.69, 9.17) is 5.73 Å². The van der Waals surface area contributed by atoms with E-state index in [-0.39, 0.29) is 18.2 Å². The van der Waals surface area contributed by atoms with Crippen molar-refractivity contribution < 1.29 is 14.4 Å². The highest BCUT2D eigenvalue weighted by molar-refractivity contribution is 6.05. The van der Waals surface area contributed by atoms with E-state index in [1.54, 1.807) is 4.90 Å². The Bertz CT molecular complexity index is 956. The first-order chi connectivity index (χ1) is 13.6. The maximum Gasteiger partial charge on any atom is 0.255 e. The number of imide groups is 1. The molecule has 1 fully saturated rings. The maximum absolute atomic E-state index is 12.7. The second-order valence-corrected chi connectivity index (χ2v) is 7.11. The summed E-state index contributed by atoms with van der Waals surface area (Å²) in [6, 6.07) is 13.0. The molecule has 0 saturated carbocycles. The molecule has 1 atom stereocenters. The van der Waals surface area contributed by atoms with E-state index in [0.29, 0.717) is 31.6 Å². The van der Waals surface area contributed by atoms with Crippen molar-refractivity contribution in [1.82, 2.24) is 10.2 Å². The van der Waals surface area contributed by atoms with Gasteiger partial charge in [-0.3, -0.25) is 19.7 Å². The van der Waals surface area contributed by atoms with Crippen LogP contribution in [0.1, 0.15) is 39.9 Å². The number of hydrogen-bond donors (Lipinski definition) is 3. The van der Waals surface area contributed by atoms with Crippen LogP contribution >= 0.6 is 0 Å². The van der Waals surface area contributed by atoms with Crippen LogP contribution in [0.3, 0.4) is 0 Å². The molecule has 28 heavy (non-hydrogen) atoms. The van der Waals surface area contributed by atoms with E-state index >= 15 is 0 Å². The number of benzene rings is 2. The molecule has 2 aliphatic heterocycles. The number of amides is 3. The quantitative estimate of drug-likeness (QED) is 0.684. The van der Waals surface area contributed by atoms with Gasteiger partial charge in [0.25, 0.3) is 5.91 Å². The molecule has 0 aliphatic carbocycles. The lowest BCUT2D eigenvalue weighted by Gasteiger charge is -2.29.